The second-order valence-corrected chi connectivity index (χ2v) is 19.3. The molecule has 1 saturated carbocycles. The number of hydrogen-bond acceptors (Lipinski definition) is 7. The smallest absolute Gasteiger partial charge is 0.335 e. The number of amides is 1. The summed E-state index contributed by atoms with van der Waals surface area (Å²) >= 11 is 0. The molecule has 3 rings (SSSR count). The summed E-state index contributed by atoms with van der Waals surface area (Å²) in [7, 11) is -6.00. The molecule has 0 aromatic rings. The van der Waals surface area contributed by atoms with Crippen molar-refractivity contribution < 1.29 is 27.8 Å². The van der Waals surface area contributed by atoms with Crippen molar-refractivity contribution in [1.82, 2.24) is 5.06 Å². The third kappa shape index (κ3) is 3.28. The van der Waals surface area contributed by atoms with E-state index in [0.29, 0.717) is 5.06 Å². The summed E-state index contributed by atoms with van der Waals surface area (Å²) in [5.74, 6) is -1.54. The number of Topliss-reactive ketones (excluding diaryl/α,β-unsaturated/α-hetero) is 1. The molecule has 2 heterocycles. The SMILES string of the molecule is CC(C)[Si]1(C(C)C)OC2C(=O)CC(C#N)C3(CC(=O)N3O)C2O[Si](C(C)C)(C(C)C)O1. The van der Waals surface area contributed by atoms with Crippen LogP contribution in [0.25, 0.3) is 0 Å². The lowest BCUT2D eigenvalue weighted by atomic mass is 9.63. The van der Waals surface area contributed by atoms with Gasteiger partial charge in [0.1, 0.15) is 17.7 Å². The Morgan fingerprint density at radius 2 is 1.48 bits per heavy atom. The van der Waals surface area contributed by atoms with Crippen LogP contribution in [0.2, 0.25) is 22.2 Å². The van der Waals surface area contributed by atoms with Crippen molar-refractivity contribution in [3.8, 4) is 6.07 Å². The average Bonchev–Trinajstić information content (AvgIpc) is 2.87. The van der Waals surface area contributed by atoms with Gasteiger partial charge in [-0.1, -0.05) is 55.4 Å². The van der Waals surface area contributed by atoms with Gasteiger partial charge in [0.2, 0.25) is 5.91 Å². The number of carbonyl (C=O) groups is 2. The molecule has 0 bridgehead atoms. The van der Waals surface area contributed by atoms with Crippen molar-refractivity contribution in [2.75, 3.05) is 0 Å². The first kappa shape index (κ1) is 24.5. The summed E-state index contributed by atoms with van der Waals surface area (Å²) in [6, 6.07) is 2.16. The van der Waals surface area contributed by atoms with Crippen molar-refractivity contribution in [1.29, 1.82) is 5.26 Å². The quantitative estimate of drug-likeness (QED) is 0.380. The Morgan fingerprint density at radius 1 is 1.00 bits per heavy atom. The van der Waals surface area contributed by atoms with Crippen LogP contribution >= 0.6 is 0 Å². The summed E-state index contributed by atoms with van der Waals surface area (Å²) in [6.45, 7) is 16.5. The highest BCUT2D eigenvalue weighted by Crippen LogP contribution is 2.55. The lowest BCUT2D eigenvalue weighted by Gasteiger charge is -2.58. The van der Waals surface area contributed by atoms with Crippen LogP contribution in [0.15, 0.2) is 0 Å². The van der Waals surface area contributed by atoms with Crippen molar-refractivity contribution >= 4 is 28.8 Å². The van der Waals surface area contributed by atoms with Crippen molar-refractivity contribution in [2.45, 2.75) is 108 Å². The van der Waals surface area contributed by atoms with E-state index in [9.17, 15) is 20.1 Å². The van der Waals surface area contributed by atoms with E-state index < -0.39 is 46.7 Å². The number of nitrogens with zero attached hydrogens (tertiary/aromatic N) is 2. The standard InChI is InChI=1S/C21H36N2O6Si2/c1-12(2)30(13(3)4)27-19-17(24)9-16(11-22)21(10-18(25)23(21)26)20(19)28-31(29-30,14(5)6)15(7)8/h12-16,19-20,26H,9-10H2,1-8H3. The number of β-lactam (4-membered cyclic amide) rings is 1. The zero-order valence-corrected chi connectivity index (χ0v) is 21.8. The maximum atomic E-state index is 13.3. The molecule has 1 N–H and O–H groups in total. The number of rotatable bonds is 4. The second kappa shape index (κ2) is 8.04. The number of carbonyl (C=O) groups excluding carboxylic acids is 2. The van der Waals surface area contributed by atoms with Gasteiger partial charge < -0.3 is 13.0 Å². The molecule has 1 aliphatic carbocycles. The minimum Gasteiger partial charge on any atom is -0.414 e. The maximum absolute atomic E-state index is 13.3. The predicted molar refractivity (Wildman–Crippen MR) is 117 cm³/mol. The van der Waals surface area contributed by atoms with Gasteiger partial charge in [-0.25, -0.2) is 5.06 Å². The van der Waals surface area contributed by atoms with E-state index in [2.05, 4.69) is 61.5 Å². The molecule has 2 saturated heterocycles. The van der Waals surface area contributed by atoms with Crippen molar-refractivity contribution in [2.24, 2.45) is 5.92 Å². The molecule has 31 heavy (non-hydrogen) atoms. The fourth-order valence-electron chi connectivity index (χ4n) is 5.64. The Bertz CT molecular complexity index is 779. The number of hydroxylamine groups is 2. The van der Waals surface area contributed by atoms with Gasteiger partial charge in [0.25, 0.3) is 0 Å². The Hall–Kier alpha value is -1.10. The van der Waals surface area contributed by atoms with Gasteiger partial charge in [0.05, 0.1) is 18.4 Å². The second-order valence-electron chi connectivity index (χ2n) is 10.5. The first-order valence-electron chi connectivity index (χ1n) is 11.3. The Kier molecular flexibility index (Phi) is 6.37. The molecular formula is C21H36N2O6Si2. The Balaban J connectivity index is 2.26. The molecule has 3 fully saturated rings. The molecule has 8 nitrogen and oxygen atoms in total. The molecule has 0 radical (unpaired) electrons. The fourth-order valence-corrected chi connectivity index (χ4v) is 16.9. The topological polar surface area (TPSA) is 109 Å². The predicted octanol–water partition coefficient (Wildman–Crippen LogP) is 3.78. The van der Waals surface area contributed by atoms with E-state index in [4.69, 9.17) is 13.0 Å². The molecule has 0 aromatic heterocycles. The van der Waals surface area contributed by atoms with E-state index in [1.165, 1.54) is 0 Å². The maximum Gasteiger partial charge on any atom is 0.335 e. The molecule has 4 atom stereocenters. The van der Waals surface area contributed by atoms with Crippen LogP contribution in [0.4, 0.5) is 0 Å². The molecule has 4 unspecified atom stereocenters. The lowest BCUT2D eigenvalue weighted by molar-refractivity contribution is -0.270. The summed E-state index contributed by atoms with van der Waals surface area (Å²) in [4.78, 5) is 25.4. The molecule has 2 aliphatic heterocycles. The van der Waals surface area contributed by atoms with Crippen LogP contribution in [0.3, 0.4) is 0 Å². The van der Waals surface area contributed by atoms with Crippen LogP contribution < -0.4 is 0 Å². The molecule has 174 valence electrons. The zero-order chi connectivity index (χ0) is 23.5. The van der Waals surface area contributed by atoms with Gasteiger partial charge in [0, 0.05) is 6.42 Å². The molecule has 10 heteroatoms. The highest BCUT2D eigenvalue weighted by atomic mass is 28.5. The minimum atomic E-state index is -3.03. The van der Waals surface area contributed by atoms with Gasteiger partial charge in [-0.05, 0) is 22.2 Å². The van der Waals surface area contributed by atoms with E-state index in [-0.39, 0.29) is 40.8 Å². The van der Waals surface area contributed by atoms with Crippen LogP contribution in [0.5, 0.6) is 0 Å². The van der Waals surface area contributed by atoms with Gasteiger partial charge in [0.15, 0.2) is 5.78 Å². The number of fused-ring (bicyclic) bond motifs is 2. The monoisotopic (exact) mass is 468 g/mol. The molecule has 1 spiro atoms. The largest absolute Gasteiger partial charge is 0.414 e. The zero-order valence-electron chi connectivity index (χ0n) is 19.8. The van der Waals surface area contributed by atoms with E-state index in [1.807, 2.05) is 0 Å². The number of hydrogen-bond donors (Lipinski definition) is 1. The molecular weight excluding hydrogens is 432 g/mol. The van der Waals surface area contributed by atoms with E-state index >= 15 is 0 Å². The van der Waals surface area contributed by atoms with Crippen molar-refractivity contribution in [3.63, 3.8) is 0 Å². The first-order valence-corrected chi connectivity index (χ1v) is 15.2. The van der Waals surface area contributed by atoms with Gasteiger partial charge in [-0.15, -0.1) is 0 Å². The van der Waals surface area contributed by atoms with Gasteiger partial charge in [-0.2, -0.15) is 5.26 Å². The number of ketones is 1. The Morgan fingerprint density at radius 3 is 1.87 bits per heavy atom. The summed E-state index contributed by atoms with van der Waals surface area (Å²) in [5, 5.41) is 21.2. The molecule has 0 aromatic carbocycles. The average molecular weight is 469 g/mol. The normalized spacial score (nSPS) is 34.8. The molecule has 1 amide bonds. The fraction of sp³-hybridized carbons (Fsp3) is 0.857. The third-order valence-electron chi connectivity index (χ3n) is 7.47. The summed E-state index contributed by atoms with van der Waals surface area (Å²) in [5.41, 5.74) is -1.09. The van der Waals surface area contributed by atoms with E-state index in [0.717, 1.165) is 0 Å². The van der Waals surface area contributed by atoms with Crippen LogP contribution in [-0.4, -0.2) is 56.8 Å². The molecule has 3 aliphatic rings. The van der Waals surface area contributed by atoms with Gasteiger partial charge >= 0.3 is 17.1 Å². The third-order valence-corrected chi connectivity index (χ3v) is 17.7. The first-order chi connectivity index (χ1) is 14.3. The highest BCUT2D eigenvalue weighted by molar-refractivity contribution is 6.84. The number of nitriles is 1. The summed E-state index contributed by atoms with van der Waals surface area (Å²) in [6.07, 6.45) is -2.01. The minimum absolute atomic E-state index is 0.0387. The van der Waals surface area contributed by atoms with Gasteiger partial charge in [-0.3, -0.25) is 14.8 Å². The van der Waals surface area contributed by atoms with Crippen LogP contribution in [-0.2, 0) is 22.6 Å². The lowest BCUT2D eigenvalue weighted by Crippen LogP contribution is -2.78. The highest BCUT2D eigenvalue weighted by Gasteiger charge is 2.72. The van der Waals surface area contributed by atoms with Crippen LogP contribution in [0.1, 0.15) is 68.2 Å². The van der Waals surface area contributed by atoms with Crippen LogP contribution in [0, 0.1) is 17.2 Å². The van der Waals surface area contributed by atoms with Crippen molar-refractivity contribution in [3.05, 3.63) is 0 Å². The Labute approximate surface area is 187 Å². The summed E-state index contributed by atoms with van der Waals surface area (Å²) < 4.78 is 20.7. The van der Waals surface area contributed by atoms with E-state index in [1.54, 1.807) is 0 Å².